The van der Waals surface area contributed by atoms with Gasteiger partial charge in [0.05, 0.1) is 0 Å². The summed E-state index contributed by atoms with van der Waals surface area (Å²) in [6.45, 7) is 4.49. The first-order valence-corrected chi connectivity index (χ1v) is 8.51. The molecule has 1 atom stereocenters. The molecule has 1 aliphatic carbocycles. The van der Waals surface area contributed by atoms with Crippen molar-refractivity contribution in [3.05, 3.63) is 35.4 Å². The number of hydrogen-bond acceptors (Lipinski definition) is 1. The summed E-state index contributed by atoms with van der Waals surface area (Å²) in [5, 5.41) is 0. The number of nitrogens with two attached hydrogens (primary N) is 1. The van der Waals surface area contributed by atoms with E-state index < -0.39 is 0 Å². The zero-order valence-corrected chi connectivity index (χ0v) is 13.3. The predicted molar refractivity (Wildman–Crippen MR) is 88.0 cm³/mol. The van der Waals surface area contributed by atoms with Crippen molar-refractivity contribution in [2.75, 3.05) is 0 Å². The van der Waals surface area contributed by atoms with E-state index in [4.69, 9.17) is 5.73 Å². The maximum atomic E-state index is 6.50. The summed E-state index contributed by atoms with van der Waals surface area (Å²) in [4.78, 5) is 0. The molecule has 1 unspecified atom stereocenters. The molecule has 112 valence electrons. The number of rotatable bonds is 4. The van der Waals surface area contributed by atoms with Gasteiger partial charge < -0.3 is 5.73 Å². The Labute approximate surface area is 125 Å². The maximum absolute atomic E-state index is 6.50. The lowest BCUT2D eigenvalue weighted by Crippen LogP contribution is -2.32. The minimum Gasteiger partial charge on any atom is -0.327 e. The van der Waals surface area contributed by atoms with Crippen LogP contribution in [0.3, 0.4) is 0 Å². The van der Waals surface area contributed by atoms with Crippen LogP contribution >= 0.6 is 0 Å². The quantitative estimate of drug-likeness (QED) is 0.817. The SMILES string of the molecule is CC(C)c1ccc(CC(N)C2CCCCCCC2)cc1. The normalized spacial score (nSPS) is 19.6. The Balaban J connectivity index is 1.90. The molecular formula is C19H31N. The molecule has 0 bridgehead atoms. The van der Waals surface area contributed by atoms with Crippen LogP contribution in [0.25, 0.3) is 0 Å². The standard InChI is InChI=1S/C19H31N/c1-15(2)17-12-10-16(11-13-17)14-19(20)18-8-6-4-3-5-7-9-18/h10-13,15,18-19H,3-9,14,20H2,1-2H3. The van der Waals surface area contributed by atoms with Crippen molar-refractivity contribution in [3.8, 4) is 0 Å². The average molecular weight is 273 g/mol. The Morgan fingerprint density at radius 3 is 2.05 bits per heavy atom. The molecule has 0 amide bonds. The van der Waals surface area contributed by atoms with Gasteiger partial charge in [0.2, 0.25) is 0 Å². The minimum absolute atomic E-state index is 0.345. The van der Waals surface area contributed by atoms with Crippen LogP contribution in [-0.2, 0) is 6.42 Å². The molecule has 0 aromatic heterocycles. The van der Waals surface area contributed by atoms with Crippen molar-refractivity contribution >= 4 is 0 Å². The highest BCUT2D eigenvalue weighted by atomic mass is 14.6. The highest BCUT2D eigenvalue weighted by molar-refractivity contribution is 5.25. The zero-order chi connectivity index (χ0) is 14.4. The summed E-state index contributed by atoms with van der Waals surface area (Å²) in [7, 11) is 0. The lowest BCUT2D eigenvalue weighted by Gasteiger charge is -2.26. The number of benzene rings is 1. The lowest BCUT2D eigenvalue weighted by atomic mass is 9.83. The van der Waals surface area contributed by atoms with Gasteiger partial charge in [-0.1, -0.05) is 70.2 Å². The van der Waals surface area contributed by atoms with Crippen LogP contribution in [0.4, 0.5) is 0 Å². The van der Waals surface area contributed by atoms with Crippen molar-refractivity contribution in [2.24, 2.45) is 11.7 Å². The van der Waals surface area contributed by atoms with Gasteiger partial charge in [-0.05, 0) is 42.2 Å². The second-order valence-electron chi connectivity index (χ2n) is 6.87. The molecule has 1 saturated carbocycles. The molecule has 20 heavy (non-hydrogen) atoms. The third-order valence-electron chi connectivity index (χ3n) is 4.87. The minimum atomic E-state index is 0.345. The van der Waals surface area contributed by atoms with Crippen LogP contribution in [0.5, 0.6) is 0 Å². The van der Waals surface area contributed by atoms with Gasteiger partial charge in [-0.3, -0.25) is 0 Å². The third-order valence-corrected chi connectivity index (χ3v) is 4.87. The van der Waals surface area contributed by atoms with Gasteiger partial charge in [0.1, 0.15) is 0 Å². The highest BCUT2D eigenvalue weighted by Crippen LogP contribution is 2.26. The fourth-order valence-electron chi connectivity index (χ4n) is 3.39. The molecule has 2 rings (SSSR count). The topological polar surface area (TPSA) is 26.0 Å². The molecule has 0 spiro atoms. The Bertz CT molecular complexity index is 371. The van der Waals surface area contributed by atoms with E-state index in [9.17, 15) is 0 Å². The largest absolute Gasteiger partial charge is 0.327 e. The van der Waals surface area contributed by atoms with Crippen LogP contribution in [0.15, 0.2) is 24.3 Å². The molecule has 0 heterocycles. The van der Waals surface area contributed by atoms with Gasteiger partial charge in [0.15, 0.2) is 0 Å². The fourth-order valence-corrected chi connectivity index (χ4v) is 3.39. The van der Waals surface area contributed by atoms with E-state index in [-0.39, 0.29) is 0 Å². The molecule has 1 aliphatic rings. The van der Waals surface area contributed by atoms with Crippen molar-refractivity contribution in [2.45, 2.75) is 77.2 Å². The Kier molecular flexibility index (Phi) is 6.09. The summed E-state index contributed by atoms with van der Waals surface area (Å²) in [5.74, 6) is 1.35. The summed E-state index contributed by atoms with van der Waals surface area (Å²) < 4.78 is 0. The summed E-state index contributed by atoms with van der Waals surface area (Å²) in [6, 6.07) is 9.43. The molecule has 2 N–H and O–H groups in total. The molecule has 0 saturated heterocycles. The van der Waals surface area contributed by atoms with Gasteiger partial charge >= 0.3 is 0 Å². The van der Waals surface area contributed by atoms with Crippen LogP contribution in [-0.4, -0.2) is 6.04 Å². The first kappa shape index (κ1) is 15.6. The Hall–Kier alpha value is -0.820. The Morgan fingerprint density at radius 2 is 1.50 bits per heavy atom. The average Bonchev–Trinajstić information content (AvgIpc) is 2.38. The molecule has 1 heteroatoms. The zero-order valence-electron chi connectivity index (χ0n) is 13.3. The van der Waals surface area contributed by atoms with E-state index in [1.165, 1.54) is 56.1 Å². The van der Waals surface area contributed by atoms with Crippen LogP contribution in [0, 0.1) is 5.92 Å². The van der Waals surface area contributed by atoms with Crippen molar-refractivity contribution in [1.29, 1.82) is 0 Å². The molecular weight excluding hydrogens is 242 g/mol. The first-order valence-electron chi connectivity index (χ1n) is 8.51. The fraction of sp³-hybridized carbons (Fsp3) is 0.684. The van der Waals surface area contributed by atoms with Crippen LogP contribution in [0.2, 0.25) is 0 Å². The van der Waals surface area contributed by atoms with Crippen molar-refractivity contribution in [3.63, 3.8) is 0 Å². The predicted octanol–water partition coefficient (Wildman–Crippen LogP) is 5.04. The Morgan fingerprint density at radius 1 is 0.950 bits per heavy atom. The summed E-state index contributed by atoms with van der Waals surface area (Å²) >= 11 is 0. The first-order chi connectivity index (χ1) is 9.66. The van der Waals surface area contributed by atoms with Gasteiger partial charge in [-0.2, -0.15) is 0 Å². The lowest BCUT2D eigenvalue weighted by molar-refractivity contribution is 0.322. The second kappa shape index (κ2) is 7.83. The van der Waals surface area contributed by atoms with Crippen molar-refractivity contribution in [1.82, 2.24) is 0 Å². The molecule has 0 aliphatic heterocycles. The van der Waals surface area contributed by atoms with E-state index >= 15 is 0 Å². The van der Waals surface area contributed by atoms with Crippen molar-refractivity contribution < 1.29 is 0 Å². The van der Waals surface area contributed by atoms with E-state index in [1.807, 2.05) is 0 Å². The third kappa shape index (κ3) is 4.63. The van der Waals surface area contributed by atoms with Gasteiger partial charge in [0.25, 0.3) is 0 Å². The smallest absolute Gasteiger partial charge is 0.0108 e. The summed E-state index contributed by atoms with van der Waals surface area (Å²) in [6.07, 6.45) is 10.7. The van der Waals surface area contributed by atoms with E-state index in [0.29, 0.717) is 12.0 Å². The second-order valence-corrected chi connectivity index (χ2v) is 6.87. The van der Waals surface area contributed by atoms with Crippen LogP contribution in [0.1, 0.15) is 75.8 Å². The van der Waals surface area contributed by atoms with Gasteiger partial charge in [0, 0.05) is 6.04 Å². The number of hydrogen-bond donors (Lipinski definition) is 1. The molecule has 1 fully saturated rings. The van der Waals surface area contributed by atoms with Gasteiger partial charge in [-0.25, -0.2) is 0 Å². The van der Waals surface area contributed by atoms with E-state index in [2.05, 4.69) is 38.1 Å². The van der Waals surface area contributed by atoms with E-state index in [1.54, 1.807) is 0 Å². The highest BCUT2D eigenvalue weighted by Gasteiger charge is 2.19. The monoisotopic (exact) mass is 273 g/mol. The molecule has 0 radical (unpaired) electrons. The van der Waals surface area contributed by atoms with Crippen LogP contribution < -0.4 is 5.73 Å². The van der Waals surface area contributed by atoms with E-state index in [0.717, 1.165) is 12.3 Å². The van der Waals surface area contributed by atoms with Gasteiger partial charge in [-0.15, -0.1) is 0 Å². The maximum Gasteiger partial charge on any atom is 0.0108 e. The molecule has 1 aromatic carbocycles. The summed E-state index contributed by atoms with van der Waals surface area (Å²) in [5.41, 5.74) is 9.33. The molecule has 1 aromatic rings. The molecule has 1 nitrogen and oxygen atoms in total.